The lowest BCUT2D eigenvalue weighted by Gasteiger charge is -2.37. The summed E-state index contributed by atoms with van der Waals surface area (Å²) in [5.41, 5.74) is 4.44. The van der Waals surface area contributed by atoms with E-state index in [4.69, 9.17) is 16.6 Å². The number of guanidine groups is 1. The summed E-state index contributed by atoms with van der Waals surface area (Å²) in [6, 6.07) is 23.1. The number of hydrogen-bond acceptors (Lipinski definition) is 3. The number of piperazine rings is 1. The maximum atomic E-state index is 11.4. The van der Waals surface area contributed by atoms with E-state index in [9.17, 15) is 9.90 Å². The van der Waals surface area contributed by atoms with Crippen LogP contribution < -0.4 is 10.2 Å². The fourth-order valence-corrected chi connectivity index (χ4v) is 3.89. The predicted octanol–water partition coefficient (Wildman–Crippen LogP) is 5.14. The number of aliphatic imine (C=N–C) groups is 1. The van der Waals surface area contributed by atoms with E-state index in [0.717, 1.165) is 48.4 Å². The molecule has 0 aromatic heterocycles. The maximum Gasteiger partial charge on any atom is 0.335 e. The van der Waals surface area contributed by atoms with Gasteiger partial charge in [0, 0.05) is 42.6 Å². The number of nitrogens with one attached hydrogen (secondary N) is 1. The zero-order chi connectivity index (χ0) is 23.2. The van der Waals surface area contributed by atoms with E-state index in [1.165, 1.54) is 5.56 Å². The Morgan fingerprint density at radius 1 is 1.00 bits per heavy atom. The van der Waals surface area contributed by atoms with Crippen molar-refractivity contribution in [3.63, 3.8) is 0 Å². The van der Waals surface area contributed by atoms with Crippen LogP contribution in [0.5, 0.6) is 0 Å². The van der Waals surface area contributed by atoms with E-state index in [0.29, 0.717) is 12.2 Å². The highest BCUT2D eigenvalue weighted by Gasteiger charge is 2.20. The molecule has 0 saturated carbocycles. The normalized spacial score (nSPS) is 14.3. The average molecular weight is 463 g/mol. The summed E-state index contributed by atoms with van der Waals surface area (Å²) in [6.07, 6.45) is 0. The van der Waals surface area contributed by atoms with Crippen LogP contribution in [0.15, 0.2) is 77.8 Å². The van der Waals surface area contributed by atoms with Crippen molar-refractivity contribution in [1.82, 2.24) is 4.90 Å². The molecule has 170 valence electrons. The number of halogens is 1. The molecule has 0 bridgehead atoms. The first kappa shape index (κ1) is 22.7. The first-order valence-electron chi connectivity index (χ1n) is 10.9. The van der Waals surface area contributed by atoms with Gasteiger partial charge in [0.1, 0.15) is 0 Å². The standard InChI is InChI=1S/C26H27ClN4O2/c1-19-5-7-20(8-6-19)18-28-26(29-23-4-2-3-21(17-23)25(32)33)31-15-13-30(14-16-31)24-11-9-22(27)10-12-24/h2-12,17H,13-16,18H2,1H3,(H,28,29)(H,32,33). The molecule has 0 radical (unpaired) electrons. The topological polar surface area (TPSA) is 68.2 Å². The number of carbonyl (C=O) groups is 1. The van der Waals surface area contributed by atoms with Gasteiger partial charge in [-0.2, -0.15) is 0 Å². The van der Waals surface area contributed by atoms with Crippen molar-refractivity contribution >= 4 is 34.9 Å². The Kier molecular flexibility index (Phi) is 7.15. The highest BCUT2D eigenvalue weighted by molar-refractivity contribution is 6.30. The molecular weight excluding hydrogens is 436 g/mol. The van der Waals surface area contributed by atoms with E-state index in [-0.39, 0.29) is 5.56 Å². The van der Waals surface area contributed by atoms with Crippen LogP contribution in [-0.4, -0.2) is 48.1 Å². The van der Waals surface area contributed by atoms with Gasteiger partial charge >= 0.3 is 5.97 Å². The van der Waals surface area contributed by atoms with Gasteiger partial charge in [-0.3, -0.25) is 0 Å². The molecule has 1 fully saturated rings. The number of nitrogens with zero attached hydrogens (tertiary/aromatic N) is 3. The van der Waals surface area contributed by atoms with Crippen LogP contribution in [0.1, 0.15) is 21.5 Å². The summed E-state index contributed by atoms with van der Waals surface area (Å²) >= 11 is 6.03. The van der Waals surface area contributed by atoms with Crippen LogP contribution >= 0.6 is 11.6 Å². The number of carboxylic acids is 1. The number of carboxylic acid groups (broad SMARTS) is 1. The van der Waals surface area contributed by atoms with E-state index in [1.54, 1.807) is 18.2 Å². The molecule has 0 unspecified atom stereocenters. The quantitative estimate of drug-likeness (QED) is 0.406. The van der Waals surface area contributed by atoms with Gasteiger partial charge in [-0.05, 0) is 55.0 Å². The van der Waals surface area contributed by atoms with Crippen LogP contribution in [0.2, 0.25) is 5.02 Å². The second kappa shape index (κ2) is 10.4. The van der Waals surface area contributed by atoms with E-state index in [1.807, 2.05) is 30.3 Å². The van der Waals surface area contributed by atoms with Crippen LogP contribution in [0.3, 0.4) is 0 Å². The first-order chi connectivity index (χ1) is 16.0. The summed E-state index contributed by atoms with van der Waals surface area (Å²) in [5, 5.41) is 13.4. The SMILES string of the molecule is Cc1ccc(CN=C(Nc2cccc(C(=O)O)c2)N2CCN(c3ccc(Cl)cc3)CC2)cc1. The Morgan fingerprint density at radius 3 is 2.36 bits per heavy atom. The molecule has 4 rings (SSSR count). The number of aromatic carboxylic acids is 1. The third-order valence-corrected chi connectivity index (χ3v) is 5.92. The number of benzene rings is 3. The molecule has 33 heavy (non-hydrogen) atoms. The highest BCUT2D eigenvalue weighted by Crippen LogP contribution is 2.20. The Hall–Kier alpha value is -3.51. The molecule has 1 heterocycles. The van der Waals surface area contributed by atoms with Gasteiger partial charge in [-0.1, -0.05) is 47.5 Å². The monoisotopic (exact) mass is 462 g/mol. The minimum atomic E-state index is -0.951. The molecule has 0 atom stereocenters. The molecule has 3 aromatic carbocycles. The largest absolute Gasteiger partial charge is 0.478 e. The van der Waals surface area contributed by atoms with Crippen LogP contribution in [-0.2, 0) is 6.54 Å². The smallest absolute Gasteiger partial charge is 0.335 e. The van der Waals surface area contributed by atoms with Crippen molar-refractivity contribution in [3.05, 3.63) is 94.5 Å². The second-order valence-corrected chi connectivity index (χ2v) is 8.52. The Labute approximate surface area is 199 Å². The fourth-order valence-electron chi connectivity index (χ4n) is 3.77. The number of aryl methyl sites for hydroxylation is 1. The number of anilines is 2. The zero-order valence-electron chi connectivity index (χ0n) is 18.5. The van der Waals surface area contributed by atoms with E-state index in [2.05, 4.69) is 46.3 Å². The molecule has 6 nitrogen and oxygen atoms in total. The van der Waals surface area contributed by atoms with Crippen molar-refractivity contribution in [2.45, 2.75) is 13.5 Å². The van der Waals surface area contributed by atoms with Gasteiger partial charge in [-0.25, -0.2) is 9.79 Å². The van der Waals surface area contributed by atoms with Crippen molar-refractivity contribution in [2.24, 2.45) is 4.99 Å². The van der Waals surface area contributed by atoms with Crippen LogP contribution in [0.4, 0.5) is 11.4 Å². The lowest BCUT2D eigenvalue weighted by Crippen LogP contribution is -2.50. The lowest BCUT2D eigenvalue weighted by atomic mass is 10.1. The minimum Gasteiger partial charge on any atom is -0.478 e. The number of rotatable bonds is 5. The maximum absolute atomic E-state index is 11.4. The lowest BCUT2D eigenvalue weighted by molar-refractivity contribution is 0.0697. The molecule has 1 aliphatic heterocycles. The third-order valence-electron chi connectivity index (χ3n) is 5.67. The van der Waals surface area contributed by atoms with E-state index >= 15 is 0 Å². The summed E-state index contributed by atoms with van der Waals surface area (Å²) in [7, 11) is 0. The third kappa shape index (κ3) is 6.05. The van der Waals surface area contributed by atoms with Gasteiger partial charge in [-0.15, -0.1) is 0 Å². The molecule has 1 aliphatic rings. The van der Waals surface area contributed by atoms with Crippen LogP contribution in [0.25, 0.3) is 0 Å². The summed E-state index contributed by atoms with van der Waals surface area (Å²) in [5.74, 6) is -0.206. The molecule has 0 aliphatic carbocycles. The average Bonchev–Trinajstić information content (AvgIpc) is 2.83. The first-order valence-corrected chi connectivity index (χ1v) is 11.3. The van der Waals surface area contributed by atoms with Crippen molar-refractivity contribution < 1.29 is 9.90 Å². The van der Waals surface area contributed by atoms with Crippen molar-refractivity contribution in [2.75, 3.05) is 36.4 Å². The Bertz CT molecular complexity index is 1120. The summed E-state index contributed by atoms with van der Waals surface area (Å²) in [6.45, 7) is 5.89. The zero-order valence-corrected chi connectivity index (χ0v) is 19.3. The second-order valence-electron chi connectivity index (χ2n) is 8.09. The number of hydrogen-bond donors (Lipinski definition) is 2. The molecule has 1 saturated heterocycles. The van der Waals surface area contributed by atoms with Crippen molar-refractivity contribution in [3.8, 4) is 0 Å². The van der Waals surface area contributed by atoms with Gasteiger partial charge in [0.15, 0.2) is 5.96 Å². The summed E-state index contributed by atoms with van der Waals surface area (Å²) < 4.78 is 0. The molecule has 0 spiro atoms. The van der Waals surface area contributed by atoms with Gasteiger partial charge in [0.25, 0.3) is 0 Å². The highest BCUT2D eigenvalue weighted by atomic mass is 35.5. The molecule has 2 N–H and O–H groups in total. The molecule has 0 amide bonds. The molecule has 3 aromatic rings. The summed E-state index contributed by atoms with van der Waals surface area (Å²) in [4.78, 5) is 20.8. The van der Waals surface area contributed by atoms with Crippen molar-refractivity contribution in [1.29, 1.82) is 0 Å². The van der Waals surface area contributed by atoms with Gasteiger partial charge in [0.05, 0.1) is 12.1 Å². The minimum absolute atomic E-state index is 0.241. The van der Waals surface area contributed by atoms with E-state index < -0.39 is 5.97 Å². The Morgan fingerprint density at radius 2 is 1.70 bits per heavy atom. The van der Waals surface area contributed by atoms with Crippen LogP contribution in [0, 0.1) is 6.92 Å². The fraction of sp³-hybridized carbons (Fsp3) is 0.231. The predicted molar refractivity (Wildman–Crippen MR) is 135 cm³/mol. The van der Waals surface area contributed by atoms with Gasteiger partial charge < -0.3 is 20.2 Å². The molecular formula is C26H27ClN4O2. The molecule has 7 heteroatoms. The van der Waals surface area contributed by atoms with Gasteiger partial charge in [0.2, 0.25) is 0 Å². The Balaban J connectivity index is 1.51.